The van der Waals surface area contributed by atoms with E-state index < -0.39 is 21.3 Å². The highest BCUT2D eigenvalue weighted by Crippen LogP contribution is 2.36. The van der Waals surface area contributed by atoms with Gasteiger partial charge in [0.15, 0.2) is 0 Å². The summed E-state index contributed by atoms with van der Waals surface area (Å²) in [5.74, 6) is 0.842. The minimum Gasteiger partial charge on any atom is -0.491 e. The average molecular weight is 533 g/mol. The summed E-state index contributed by atoms with van der Waals surface area (Å²) in [5, 5.41) is 0. The number of benzene rings is 2. The first-order valence-corrected chi connectivity index (χ1v) is 13.5. The lowest BCUT2D eigenvalue weighted by Crippen LogP contribution is -2.22. The maximum atomic E-state index is 12.1. The number of primary amides is 1. The first kappa shape index (κ1) is 27.2. The van der Waals surface area contributed by atoms with Crippen LogP contribution < -0.4 is 19.9 Å². The molecule has 3 N–H and O–H groups in total. The number of nitrogens with zero attached hydrogens (tertiary/aromatic N) is 2. The van der Waals surface area contributed by atoms with Gasteiger partial charge in [0, 0.05) is 23.4 Å². The molecule has 0 unspecified atom stereocenters. The molecule has 0 radical (unpaired) electrons. The Balaban J connectivity index is 1.75. The Morgan fingerprint density at radius 1 is 1.08 bits per heavy atom. The van der Waals surface area contributed by atoms with E-state index in [1.165, 1.54) is 12.4 Å². The van der Waals surface area contributed by atoms with Gasteiger partial charge in [-0.3, -0.25) is 9.52 Å². The van der Waals surface area contributed by atoms with Gasteiger partial charge in [-0.05, 0) is 41.8 Å². The van der Waals surface area contributed by atoms with Crippen LogP contribution in [0.1, 0.15) is 46.5 Å². The van der Waals surface area contributed by atoms with Crippen LogP contribution >= 0.6 is 11.6 Å². The van der Waals surface area contributed by atoms with E-state index in [4.69, 9.17) is 26.8 Å². The van der Waals surface area contributed by atoms with Crippen LogP contribution in [-0.4, -0.2) is 43.0 Å². The Kier molecular flexibility index (Phi) is 8.42. The zero-order valence-corrected chi connectivity index (χ0v) is 22.1. The summed E-state index contributed by atoms with van der Waals surface area (Å²) in [5.41, 5.74) is 8.94. The molecule has 0 atom stereocenters. The minimum absolute atomic E-state index is 0.00112. The number of rotatable bonds is 11. The SMILES string of the molecule is Cc1cc(C(C)(C)c2ccc(OCc3cnc(NS(C)(=O)=O)nc3)cc2)cc(C(N)=O)c1OCCCl. The lowest BCUT2D eigenvalue weighted by molar-refractivity contribution is 0.0996. The van der Waals surface area contributed by atoms with Gasteiger partial charge in [0.2, 0.25) is 16.0 Å². The summed E-state index contributed by atoms with van der Waals surface area (Å²) in [6.45, 7) is 6.49. The monoisotopic (exact) mass is 532 g/mol. The van der Waals surface area contributed by atoms with E-state index in [2.05, 4.69) is 28.5 Å². The lowest BCUT2D eigenvalue weighted by atomic mass is 9.77. The fourth-order valence-electron chi connectivity index (χ4n) is 3.60. The molecule has 0 saturated carbocycles. The Morgan fingerprint density at radius 2 is 1.72 bits per heavy atom. The topological polar surface area (TPSA) is 133 Å². The molecule has 192 valence electrons. The fourth-order valence-corrected chi connectivity index (χ4v) is 4.11. The predicted octanol–water partition coefficient (Wildman–Crippen LogP) is 3.78. The molecule has 0 aliphatic heterocycles. The molecular formula is C25H29ClN4O5S. The minimum atomic E-state index is -3.44. The van der Waals surface area contributed by atoms with Crippen LogP contribution in [0.3, 0.4) is 0 Å². The van der Waals surface area contributed by atoms with Gasteiger partial charge in [0.05, 0.1) is 17.7 Å². The second-order valence-electron chi connectivity index (χ2n) is 8.80. The van der Waals surface area contributed by atoms with Crippen molar-refractivity contribution >= 4 is 33.5 Å². The summed E-state index contributed by atoms with van der Waals surface area (Å²) in [7, 11) is -3.44. The van der Waals surface area contributed by atoms with E-state index in [0.29, 0.717) is 28.5 Å². The number of anilines is 1. The Labute approximate surface area is 216 Å². The summed E-state index contributed by atoms with van der Waals surface area (Å²) in [6.07, 6.45) is 4.02. The van der Waals surface area contributed by atoms with Crippen LogP contribution in [0.4, 0.5) is 5.95 Å². The molecule has 0 fully saturated rings. The standard InChI is InChI=1S/C25H29ClN4O5S/c1-16-11-19(12-21(23(27)31)22(16)34-10-9-26)25(2,3)18-5-7-20(8-6-18)35-15-17-13-28-24(29-14-17)30-36(4,32)33/h5-8,11-14H,9-10,15H2,1-4H3,(H2,27,31)(H,28,29,30). The number of aromatic nitrogens is 2. The van der Waals surface area contributed by atoms with Crippen LogP contribution in [0, 0.1) is 6.92 Å². The third-order valence-electron chi connectivity index (χ3n) is 5.55. The van der Waals surface area contributed by atoms with Crippen molar-refractivity contribution < 1.29 is 22.7 Å². The number of hydrogen-bond acceptors (Lipinski definition) is 7. The van der Waals surface area contributed by atoms with E-state index in [1.54, 1.807) is 6.07 Å². The van der Waals surface area contributed by atoms with Gasteiger partial charge in [-0.25, -0.2) is 18.4 Å². The quantitative estimate of drug-likeness (QED) is 0.359. The molecule has 1 amide bonds. The van der Waals surface area contributed by atoms with Crippen molar-refractivity contribution in [1.29, 1.82) is 0 Å². The summed E-state index contributed by atoms with van der Waals surface area (Å²) in [6, 6.07) is 11.4. The highest BCUT2D eigenvalue weighted by molar-refractivity contribution is 7.91. The highest BCUT2D eigenvalue weighted by atomic mass is 35.5. The smallest absolute Gasteiger partial charge is 0.252 e. The fraction of sp³-hybridized carbons (Fsp3) is 0.320. The third-order valence-corrected chi connectivity index (χ3v) is 6.26. The van der Waals surface area contributed by atoms with Gasteiger partial charge >= 0.3 is 0 Å². The van der Waals surface area contributed by atoms with Gasteiger partial charge in [-0.15, -0.1) is 11.6 Å². The van der Waals surface area contributed by atoms with Crippen LogP contribution in [0.25, 0.3) is 0 Å². The summed E-state index contributed by atoms with van der Waals surface area (Å²) in [4.78, 5) is 20.1. The molecule has 9 nitrogen and oxygen atoms in total. The second-order valence-corrected chi connectivity index (χ2v) is 10.9. The van der Waals surface area contributed by atoms with Gasteiger partial charge < -0.3 is 15.2 Å². The molecule has 3 rings (SSSR count). The van der Waals surface area contributed by atoms with Gasteiger partial charge in [-0.1, -0.05) is 32.0 Å². The van der Waals surface area contributed by atoms with Crippen molar-refractivity contribution in [3.8, 4) is 11.5 Å². The number of carbonyl (C=O) groups excluding carboxylic acids is 1. The Hall–Kier alpha value is -3.37. The Morgan fingerprint density at radius 3 is 2.28 bits per heavy atom. The van der Waals surface area contributed by atoms with Crippen molar-refractivity contribution in [3.63, 3.8) is 0 Å². The number of amides is 1. The first-order chi connectivity index (χ1) is 16.9. The largest absolute Gasteiger partial charge is 0.491 e. The number of nitrogens with two attached hydrogens (primary N) is 1. The predicted molar refractivity (Wildman–Crippen MR) is 139 cm³/mol. The van der Waals surface area contributed by atoms with Crippen molar-refractivity contribution in [2.24, 2.45) is 5.73 Å². The highest BCUT2D eigenvalue weighted by Gasteiger charge is 2.26. The number of ether oxygens (including phenoxy) is 2. The second kappa shape index (κ2) is 11.1. The lowest BCUT2D eigenvalue weighted by Gasteiger charge is -2.28. The molecule has 36 heavy (non-hydrogen) atoms. The van der Waals surface area contributed by atoms with Crippen molar-refractivity contribution in [2.75, 3.05) is 23.5 Å². The molecule has 11 heteroatoms. The number of carbonyl (C=O) groups is 1. The van der Waals surface area contributed by atoms with Crippen molar-refractivity contribution in [3.05, 3.63) is 76.6 Å². The van der Waals surface area contributed by atoms with Gasteiger partial charge in [-0.2, -0.15) is 0 Å². The van der Waals surface area contributed by atoms with Gasteiger partial charge in [0.25, 0.3) is 5.91 Å². The maximum Gasteiger partial charge on any atom is 0.252 e. The zero-order chi connectivity index (χ0) is 26.5. The number of alkyl halides is 1. The summed E-state index contributed by atoms with van der Waals surface area (Å²) < 4.78 is 36.2. The van der Waals surface area contributed by atoms with Crippen LogP contribution in [-0.2, 0) is 22.0 Å². The molecule has 0 saturated heterocycles. The number of sulfonamides is 1. The normalized spacial score (nSPS) is 11.7. The van der Waals surface area contributed by atoms with E-state index >= 15 is 0 Å². The first-order valence-electron chi connectivity index (χ1n) is 11.1. The molecule has 0 spiro atoms. The molecular weight excluding hydrogens is 504 g/mol. The average Bonchev–Trinajstić information content (AvgIpc) is 2.81. The molecule has 0 bridgehead atoms. The van der Waals surface area contributed by atoms with Crippen molar-refractivity contribution in [2.45, 2.75) is 32.8 Å². The zero-order valence-electron chi connectivity index (χ0n) is 20.5. The number of hydrogen-bond donors (Lipinski definition) is 2. The number of nitrogens with one attached hydrogen (secondary N) is 1. The Bertz CT molecular complexity index is 1330. The van der Waals surface area contributed by atoms with Gasteiger partial charge in [0.1, 0.15) is 24.7 Å². The molecule has 0 aliphatic rings. The van der Waals surface area contributed by atoms with Crippen LogP contribution in [0.5, 0.6) is 11.5 Å². The molecule has 2 aromatic carbocycles. The van der Waals surface area contributed by atoms with Crippen LogP contribution in [0.15, 0.2) is 48.8 Å². The summed E-state index contributed by atoms with van der Waals surface area (Å²) >= 11 is 5.74. The third kappa shape index (κ3) is 6.86. The van der Waals surface area contributed by atoms with Crippen molar-refractivity contribution in [1.82, 2.24) is 9.97 Å². The molecule has 3 aromatic rings. The molecule has 1 aromatic heterocycles. The molecule has 1 heterocycles. The van der Waals surface area contributed by atoms with Crippen LogP contribution in [0.2, 0.25) is 0 Å². The van der Waals surface area contributed by atoms with E-state index in [0.717, 1.165) is 22.9 Å². The van der Waals surface area contributed by atoms with E-state index in [-0.39, 0.29) is 19.2 Å². The molecule has 0 aliphatic carbocycles. The number of aryl methyl sites for hydroxylation is 1. The van der Waals surface area contributed by atoms with E-state index in [1.807, 2.05) is 37.3 Å². The number of halogens is 1. The maximum absolute atomic E-state index is 12.1. The van der Waals surface area contributed by atoms with E-state index in [9.17, 15) is 13.2 Å².